The summed E-state index contributed by atoms with van der Waals surface area (Å²) in [5.74, 6) is 0.260. The Labute approximate surface area is 133 Å². The first-order chi connectivity index (χ1) is 11.2. The van der Waals surface area contributed by atoms with Crippen molar-refractivity contribution in [1.29, 1.82) is 0 Å². The topological polar surface area (TPSA) is 90.0 Å². The molecule has 8 nitrogen and oxygen atoms in total. The molecule has 0 saturated carbocycles. The molecule has 8 heteroatoms. The smallest absolute Gasteiger partial charge is 0.410 e. The predicted octanol–water partition coefficient (Wildman–Crippen LogP) is 0.186. The van der Waals surface area contributed by atoms with E-state index >= 15 is 0 Å². The van der Waals surface area contributed by atoms with Crippen LogP contribution in [0.15, 0.2) is 24.4 Å². The van der Waals surface area contributed by atoms with Gasteiger partial charge in [0.2, 0.25) is 11.8 Å². The molecule has 2 unspecified atom stereocenters. The van der Waals surface area contributed by atoms with E-state index in [4.69, 9.17) is 14.2 Å². The van der Waals surface area contributed by atoms with E-state index in [-0.39, 0.29) is 24.6 Å². The Morgan fingerprint density at radius 1 is 1.43 bits per heavy atom. The van der Waals surface area contributed by atoms with Crippen LogP contribution in [0.5, 0.6) is 5.88 Å². The minimum Gasteiger partial charge on any atom is -0.470 e. The molecule has 3 rings (SSSR count). The number of hydrogen-bond acceptors (Lipinski definition) is 6. The van der Waals surface area contributed by atoms with Crippen LogP contribution in [-0.2, 0) is 14.3 Å². The van der Waals surface area contributed by atoms with E-state index in [2.05, 4.69) is 10.3 Å². The lowest BCUT2D eigenvalue weighted by molar-refractivity contribution is -0.124. The summed E-state index contributed by atoms with van der Waals surface area (Å²) in [6.45, 7) is 1.70. The number of ether oxygens (including phenoxy) is 3. The van der Waals surface area contributed by atoms with Gasteiger partial charge in [-0.05, 0) is 12.5 Å². The van der Waals surface area contributed by atoms with Crippen LogP contribution in [0, 0.1) is 0 Å². The molecular weight excluding hydrogens is 302 g/mol. The van der Waals surface area contributed by atoms with Crippen molar-refractivity contribution in [2.75, 3.05) is 32.9 Å². The Bertz CT molecular complexity index is 553. The monoisotopic (exact) mass is 321 g/mol. The lowest BCUT2D eigenvalue weighted by atomic mass is 10.1. The minimum atomic E-state index is -0.451. The predicted molar refractivity (Wildman–Crippen MR) is 78.9 cm³/mol. The van der Waals surface area contributed by atoms with Gasteiger partial charge in [0.15, 0.2) is 0 Å². The zero-order valence-corrected chi connectivity index (χ0v) is 12.6. The normalized spacial score (nSPS) is 24.2. The maximum Gasteiger partial charge on any atom is 0.410 e. The molecule has 2 fully saturated rings. The van der Waals surface area contributed by atoms with E-state index in [0.29, 0.717) is 38.7 Å². The fraction of sp³-hybridized carbons (Fsp3) is 0.533. The number of cyclic esters (lactones) is 1. The van der Waals surface area contributed by atoms with Gasteiger partial charge in [-0.25, -0.2) is 9.78 Å². The van der Waals surface area contributed by atoms with Crippen LogP contribution < -0.4 is 10.1 Å². The third-order valence-electron chi connectivity index (χ3n) is 3.74. The van der Waals surface area contributed by atoms with Crippen LogP contribution in [0.3, 0.4) is 0 Å². The number of carbonyl (C=O) groups excluding carboxylic acids is 2. The van der Waals surface area contributed by atoms with Crippen molar-refractivity contribution >= 4 is 12.0 Å². The third kappa shape index (κ3) is 4.10. The molecule has 124 valence electrons. The van der Waals surface area contributed by atoms with E-state index < -0.39 is 6.09 Å². The van der Waals surface area contributed by atoms with Crippen molar-refractivity contribution in [2.45, 2.75) is 18.6 Å². The summed E-state index contributed by atoms with van der Waals surface area (Å²) >= 11 is 0. The molecule has 1 aromatic heterocycles. The fourth-order valence-electron chi connectivity index (χ4n) is 2.56. The summed E-state index contributed by atoms with van der Waals surface area (Å²) in [5, 5.41) is 2.92. The van der Waals surface area contributed by atoms with Crippen LogP contribution in [0.4, 0.5) is 4.79 Å². The quantitative estimate of drug-likeness (QED) is 0.832. The number of aromatic nitrogens is 1. The van der Waals surface area contributed by atoms with E-state index in [1.165, 1.54) is 4.90 Å². The van der Waals surface area contributed by atoms with Crippen LogP contribution in [0.2, 0.25) is 0 Å². The number of hydrogen-bond donors (Lipinski definition) is 1. The van der Waals surface area contributed by atoms with Crippen molar-refractivity contribution in [1.82, 2.24) is 15.2 Å². The van der Waals surface area contributed by atoms with Crippen molar-refractivity contribution in [3.63, 3.8) is 0 Å². The summed E-state index contributed by atoms with van der Waals surface area (Å²) < 4.78 is 16.0. The maximum atomic E-state index is 12.1. The molecule has 2 aliphatic heterocycles. The summed E-state index contributed by atoms with van der Waals surface area (Å²) in [6.07, 6.45) is 1.53. The summed E-state index contributed by atoms with van der Waals surface area (Å²) in [5.41, 5.74) is 0. The van der Waals surface area contributed by atoms with E-state index in [0.717, 1.165) is 0 Å². The number of nitrogens with zero attached hydrogens (tertiary/aromatic N) is 2. The zero-order valence-electron chi connectivity index (χ0n) is 12.6. The van der Waals surface area contributed by atoms with Crippen LogP contribution >= 0.6 is 0 Å². The van der Waals surface area contributed by atoms with Crippen LogP contribution in [0.25, 0.3) is 0 Å². The highest BCUT2D eigenvalue weighted by Gasteiger charge is 2.31. The second-order valence-electron chi connectivity index (χ2n) is 5.40. The largest absolute Gasteiger partial charge is 0.470 e. The molecule has 2 saturated heterocycles. The molecule has 23 heavy (non-hydrogen) atoms. The first-order valence-corrected chi connectivity index (χ1v) is 7.59. The molecular formula is C15H19N3O5. The fourth-order valence-corrected chi connectivity index (χ4v) is 2.56. The summed E-state index contributed by atoms with van der Waals surface area (Å²) in [6, 6.07) is 5.21. The Kier molecular flexibility index (Phi) is 4.92. The van der Waals surface area contributed by atoms with Gasteiger partial charge in [0, 0.05) is 18.9 Å². The van der Waals surface area contributed by atoms with Gasteiger partial charge in [-0.3, -0.25) is 9.69 Å². The number of rotatable bonds is 5. The van der Waals surface area contributed by atoms with E-state index in [9.17, 15) is 9.59 Å². The average Bonchev–Trinajstić information content (AvgIpc) is 2.95. The standard InChI is InChI=1S/C15H19N3O5/c19-13(9-18-6-8-22-15(18)20)17-11-4-7-21-10-12(11)23-14-3-1-2-5-16-14/h1-3,5,11-12H,4,6-10H2,(H,17,19). The highest BCUT2D eigenvalue weighted by Crippen LogP contribution is 2.15. The first kappa shape index (κ1) is 15.5. The molecule has 0 spiro atoms. The van der Waals surface area contributed by atoms with Crippen molar-refractivity contribution in [2.24, 2.45) is 0 Å². The van der Waals surface area contributed by atoms with Gasteiger partial charge < -0.3 is 19.5 Å². The zero-order chi connectivity index (χ0) is 16.1. The molecule has 2 amide bonds. The van der Waals surface area contributed by atoms with Crippen molar-refractivity contribution < 1.29 is 23.8 Å². The lowest BCUT2D eigenvalue weighted by Gasteiger charge is -2.32. The summed E-state index contributed by atoms with van der Waals surface area (Å²) in [4.78, 5) is 29.0. The maximum absolute atomic E-state index is 12.1. The Morgan fingerprint density at radius 3 is 3.09 bits per heavy atom. The second kappa shape index (κ2) is 7.28. The number of carbonyl (C=O) groups is 2. The second-order valence-corrected chi connectivity index (χ2v) is 5.40. The van der Waals surface area contributed by atoms with Gasteiger partial charge in [0.05, 0.1) is 19.2 Å². The van der Waals surface area contributed by atoms with E-state index in [1.807, 2.05) is 6.07 Å². The lowest BCUT2D eigenvalue weighted by Crippen LogP contribution is -2.53. The Morgan fingerprint density at radius 2 is 2.35 bits per heavy atom. The molecule has 0 bridgehead atoms. The number of pyridine rings is 1. The van der Waals surface area contributed by atoms with Crippen LogP contribution in [0.1, 0.15) is 6.42 Å². The van der Waals surface area contributed by atoms with Crippen molar-refractivity contribution in [3.05, 3.63) is 24.4 Å². The molecule has 1 N–H and O–H groups in total. The highest BCUT2D eigenvalue weighted by atomic mass is 16.6. The van der Waals surface area contributed by atoms with Gasteiger partial charge in [0.1, 0.15) is 19.3 Å². The minimum absolute atomic E-state index is 0.00744. The third-order valence-corrected chi connectivity index (χ3v) is 3.74. The number of nitrogens with one attached hydrogen (secondary N) is 1. The Balaban J connectivity index is 1.55. The van der Waals surface area contributed by atoms with Gasteiger partial charge in [-0.15, -0.1) is 0 Å². The van der Waals surface area contributed by atoms with Crippen LogP contribution in [-0.4, -0.2) is 66.9 Å². The van der Waals surface area contributed by atoms with Gasteiger partial charge in [-0.2, -0.15) is 0 Å². The first-order valence-electron chi connectivity index (χ1n) is 7.59. The molecule has 2 atom stereocenters. The molecule has 3 heterocycles. The molecule has 1 aromatic rings. The molecule has 0 radical (unpaired) electrons. The molecule has 0 aromatic carbocycles. The molecule has 2 aliphatic rings. The van der Waals surface area contributed by atoms with Gasteiger partial charge in [-0.1, -0.05) is 6.07 Å². The SMILES string of the molecule is O=C(CN1CCOC1=O)NC1CCOCC1Oc1ccccn1. The highest BCUT2D eigenvalue weighted by molar-refractivity contribution is 5.83. The molecule has 0 aliphatic carbocycles. The summed E-state index contributed by atoms with van der Waals surface area (Å²) in [7, 11) is 0. The van der Waals surface area contributed by atoms with Crippen molar-refractivity contribution in [3.8, 4) is 5.88 Å². The Hall–Kier alpha value is -2.35. The van der Waals surface area contributed by atoms with E-state index in [1.54, 1.807) is 18.3 Å². The van der Waals surface area contributed by atoms with Gasteiger partial charge >= 0.3 is 6.09 Å². The average molecular weight is 321 g/mol. The number of amides is 2. The van der Waals surface area contributed by atoms with Gasteiger partial charge in [0.25, 0.3) is 0 Å².